The predicted octanol–water partition coefficient (Wildman–Crippen LogP) is 12.7. The largest absolute Gasteiger partial charge is 0.276 e. The summed E-state index contributed by atoms with van der Waals surface area (Å²) in [6.45, 7) is 8.74. The zero-order chi connectivity index (χ0) is 37.0. The molecular weight excluding hydrogens is 671 g/mol. The Morgan fingerprint density at radius 3 is 1.65 bits per heavy atom. The molecule has 7 aromatic carbocycles. The third-order valence-electron chi connectivity index (χ3n) is 10.8. The highest BCUT2D eigenvalue weighted by molar-refractivity contribution is 6.17. The van der Waals surface area contributed by atoms with E-state index in [0.717, 1.165) is 99.1 Å². The van der Waals surface area contributed by atoms with Gasteiger partial charge in [-0.1, -0.05) is 128 Å². The van der Waals surface area contributed by atoms with Gasteiger partial charge < -0.3 is 0 Å². The molecule has 4 nitrogen and oxygen atoms in total. The molecule has 0 fully saturated rings. The van der Waals surface area contributed by atoms with Gasteiger partial charge in [-0.15, -0.1) is 0 Å². The van der Waals surface area contributed by atoms with Gasteiger partial charge in [0.05, 0.1) is 16.6 Å². The number of rotatable bonds is 6. The summed E-state index contributed by atoms with van der Waals surface area (Å²) >= 11 is 0. The van der Waals surface area contributed by atoms with Crippen LogP contribution in [0, 0.1) is 0 Å². The monoisotopic (exact) mass is 703 g/mol. The summed E-state index contributed by atoms with van der Waals surface area (Å²) in [5.41, 5.74) is 11.7. The standard InChI is InChI=1S/C51H33N3O/c1-3-37-38(4-2)48(43-23-11-15-33-17-13-29-53-50(33)43)45-31-34(24-26-40(45)47(37)42-22-10-14-32-16-12-28-52-49(32)42)35-25-27-46-44(30-35)39-20-8-9-21-41(39)51(55)54(46)36-18-6-5-7-19-36/h3-31H,1-2H2. The summed E-state index contributed by atoms with van der Waals surface area (Å²) in [6, 6.07) is 51.8. The van der Waals surface area contributed by atoms with Crippen LogP contribution in [0.1, 0.15) is 11.1 Å². The normalized spacial score (nSPS) is 11.5. The van der Waals surface area contributed by atoms with Crippen molar-refractivity contribution in [1.29, 1.82) is 0 Å². The third-order valence-corrected chi connectivity index (χ3v) is 10.8. The van der Waals surface area contributed by atoms with Crippen molar-refractivity contribution in [3.63, 3.8) is 0 Å². The Morgan fingerprint density at radius 1 is 0.473 bits per heavy atom. The Hall–Kier alpha value is -7.43. The minimum atomic E-state index is -0.0356. The number of nitrogens with zero attached hydrogens (tertiary/aromatic N) is 3. The van der Waals surface area contributed by atoms with Gasteiger partial charge in [0.1, 0.15) is 0 Å². The first-order valence-corrected chi connectivity index (χ1v) is 18.3. The van der Waals surface area contributed by atoms with Crippen molar-refractivity contribution in [2.75, 3.05) is 0 Å². The average Bonchev–Trinajstić information content (AvgIpc) is 3.25. The van der Waals surface area contributed by atoms with Gasteiger partial charge in [0.15, 0.2) is 0 Å². The average molecular weight is 704 g/mol. The van der Waals surface area contributed by atoms with Crippen LogP contribution in [0.15, 0.2) is 182 Å². The molecule has 0 amide bonds. The number of pyridine rings is 3. The van der Waals surface area contributed by atoms with Crippen LogP contribution in [0.2, 0.25) is 0 Å². The van der Waals surface area contributed by atoms with E-state index in [0.29, 0.717) is 5.39 Å². The van der Waals surface area contributed by atoms with Crippen LogP contribution in [-0.2, 0) is 0 Å². The van der Waals surface area contributed by atoms with Gasteiger partial charge in [-0.3, -0.25) is 19.3 Å². The van der Waals surface area contributed by atoms with Crippen LogP contribution in [0.4, 0.5) is 0 Å². The summed E-state index contributed by atoms with van der Waals surface area (Å²) in [6.07, 6.45) is 7.61. The second-order valence-corrected chi connectivity index (χ2v) is 13.8. The maximum atomic E-state index is 14.0. The lowest BCUT2D eigenvalue weighted by Crippen LogP contribution is -2.19. The molecule has 3 aromatic heterocycles. The van der Waals surface area contributed by atoms with Gasteiger partial charge in [-0.25, -0.2) is 0 Å². The molecule has 10 aromatic rings. The minimum Gasteiger partial charge on any atom is -0.276 e. The molecule has 55 heavy (non-hydrogen) atoms. The summed E-state index contributed by atoms with van der Waals surface area (Å²) in [5, 5.41) is 6.89. The Bertz CT molecular complexity index is 3260. The zero-order valence-corrected chi connectivity index (χ0v) is 29.9. The number of aromatic nitrogens is 3. The van der Waals surface area contributed by atoms with Crippen molar-refractivity contribution < 1.29 is 0 Å². The molecular formula is C51H33N3O. The van der Waals surface area contributed by atoms with Crippen molar-refractivity contribution >= 4 is 66.4 Å². The van der Waals surface area contributed by atoms with Gasteiger partial charge in [0.2, 0.25) is 0 Å². The topological polar surface area (TPSA) is 47.8 Å². The van der Waals surface area contributed by atoms with E-state index < -0.39 is 0 Å². The Morgan fingerprint density at radius 2 is 1.02 bits per heavy atom. The zero-order valence-electron chi connectivity index (χ0n) is 29.9. The summed E-state index contributed by atoms with van der Waals surface area (Å²) in [7, 11) is 0. The molecule has 10 rings (SSSR count). The number of fused-ring (bicyclic) bond motifs is 6. The Balaban J connectivity index is 1.32. The van der Waals surface area contributed by atoms with E-state index >= 15 is 0 Å². The number of hydrogen-bond donors (Lipinski definition) is 0. The van der Waals surface area contributed by atoms with Crippen LogP contribution in [0.25, 0.3) is 105 Å². The second kappa shape index (κ2) is 12.9. The molecule has 0 aliphatic rings. The molecule has 0 spiro atoms. The quantitative estimate of drug-likeness (QED) is 0.162. The summed E-state index contributed by atoms with van der Waals surface area (Å²) in [4.78, 5) is 23.8. The molecule has 258 valence electrons. The maximum absolute atomic E-state index is 14.0. The second-order valence-electron chi connectivity index (χ2n) is 13.8. The fourth-order valence-electron chi connectivity index (χ4n) is 8.42. The van der Waals surface area contributed by atoms with Crippen molar-refractivity contribution in [1.82, 2.24) is 14.5 Å². The van der Waals surface area contributed by atoms with Crippen molar-refractivity contribution in [3.8, 4) is 39.1 Å². The highest BCUT2D eigenvalue weighted by atomic mass is 16.1. The summed E-state index contributed by atoms with van der Waals surface area (Å²) in [5.74, 6) is 0. The first kappa shape index (κ1) is 32.2. The van der Waals surface area contributed by atoms with Crippen LogP contribution in [0.5, 0.6) is 0 Å². The van der Waals surface area contributed by atoms with E-state index in [9.17, 15) is 4.79 Å². The molecule has 0 N–H and O–H groups in total. The summed E-state index contributed by atoms with van der Waals surface area (Å²) < 4.78 is 1.82. The lowest BCUT2D eigenvalue weighted by atomic mass is 9.81. The van der Waals surface area contributed by atoms with Gasteiger partial charge in [0.25, 0.3) is 5.56 Å². The van der Waals surface area contributed by atoms with Gasteiger partial charge in [-0.05, 0) is 98.1 Å². The van der Waals surface area contributed by atoms with Gasteiger partial charge >= 0.3 is 0 Å². The highest BCUT2D eigenvalue weighted by Gasteiger charge is 2.23. The van der Waals surface area contributed by atoms with Crippen LogP contribution < -0.4 is 5.56 Å². The molecule has 0 radical (unpaired) electrons. The van der Waals surface area contributed by atoms with E-state index in [-0.39, 0.29) is 5.56 Å². The Labute approximate surface area is 317 Å². The molecule has 0 saturated heterocycles. The predicted molar refractivity (Wildman–Crippen MR) is 232 cm³/mol. The van der Waals surface area contributed by atoms with Crippen molar-refractivity contribution in [2.45, 2.75) is 0 Å². The van der Waals surface area contributed by atoms with Crippen molar-refractivity contribution in [2.24, 2.45) is 0 Å². The lowest BCUT2D eigenvalue weighted by Gasteiger charge is -2.22. The fraction of sp³-hybridized carbons (Fsp3) is 0. The van der Waals surface area contributed by atoms with E-state index in [1.807, 2.05) is 95.8 Å². The SMILES string of the molecule is C=Cc1c(C=C)c(-c2cccc3cccnc23)c2cc(-c3ccc4c(c3)c3ccccc3c(=O)n4-c3ccccc3)ccc2c1-c1cccc2cccnc12. The first-order chi connectivity index (χ1) is 27.1. The Kier molecular flexibility index (Phi) is 7.56. The molecule has 0 saturated carbocycles. The van der Waals surface area contributed by atoms with E-state index in [2.05, 4.69) is 98.1 Å². The van der Waals surface area contributed by atoms with Crippen LogP contribution >= 0.6 is 0 Å². The van der Waals surface area contributed by atoms with E-state index in [4.69, 9.17) is 9.97 Å². The third kappa shape index (κ3) is 5.03. The lowest BCUT2D eigenvalue weighted by molar-refractivity contribution is 1.06. The smallest absolute Gasteiger partial charge is 0.263 e. The highest BCUT2D eigenvalue weighted by Crippen LogP contribution is 2.47. The molecule has 0 bridgehead atoms. The van der Waals surface area contributed by atoms with Crippen LogP contribution in [0.3, 0.4) is 0 Å². The van der Waals surface area contributed by atoms with E-state index in [1.54, 1.807) is 0 Å². The number of benzene rings is 7. The van der Waals surface area contributed by atoms with E-state index in [1.165, 1.54) is 0 Å². The minimum absolute atomic E-state index is 0.0356. The molecule has 0 atom stereocenters. The van der Waals surface area contributed by atoms with Crippen LogP contribution in [-0.4, -0.2) is 14.5 Å². The van der Waals surface area contributed by atoms with Crippen molar-refractivity contribution in [3.05, 3.63) is 199 Å². The number of para-hydroxylation sites is 3. The first-order valence-electron chi connectivity index (χ1n) is 18.3. The fourth-order valence-corrected chi connectivity index (χ4v) is 8.42. The molecule has 0 unspecified atom stereocenters. The van der Waals surface area contributed by atoms with Gasteiger partial charge in [-0.2, -0.15) is 0 Å². The maximum Gasteiger partial charge on any atom is 0.263 e. The number of hydrogen-bond acceptors (Lipinski definition) is 3. The molecule has 0 aliphatic carbocycles. The molecule has 0 aliphatic heterocycles. The molecule has 4 heteroatoms. The van der Waals surface area contributed by atoms with Gasteiger partial charge in [0, 0.05) is 50.8 Å². The molecule has 3 heterocycles.